The molecule has 3 N–H and O–H groups in total. The maximum atomic E-state index is 7.48. The molecule has 0 amide bonds. The summed E-state index contributed by atoms with van der Waals surface area (Å²) in [6, 6.07) is 3.71. The normalized spacial score (nSPS) is 12.2. The molecule has 0 aliphatic rings. The van der Waals surface area contributed by atoms with E-state index in [0.29, 0.717) is 5.92 Å². The van der Waals surface area contributed by atoms with E-state index in [0.717, 1.165) is 30.0 Å². The number of hydrogen-bond donors (Lipinski definition) is 2. The van der Waals surface area contributed by atoms with Crippen molar-refractivity contribution in [2.45, 2.75) is 27.2 Å². The topological polar surface area (TPSA) is 66.0 Å². The molecule has 1 unspecified atom stereocenters. The number of amidine groups is 1. The summed E-state index contributed by atoms with van der Waals surface area (Å²) in [7, 11) is 2.03. The van der Waals surface area contributed by atoms with Gasteiger partial charge in [-0.05, 0) is 25.0 Å². The smallest absolute Gasteiger partial charge is 0.129 e. The second-order valence-corrected chi connectivity index (χ2v) is 4.66. The van der Waals surface area contributed by atoms with Gasteiger partial charge in [0.25, 0.3) is 0 Å². The van der Waals surface area contributed by atoms with E-state index in [1.807, 2.05) is 26.1 Å². The van der Waals surface area contributed by atoms with E-state index in [2.05, 4.69) is 23.7 Å². The zero-order valence-electron chi connectivity index (χ0n) is 11.1. The molecule has 0 saturated carbocycles. The van der Waals surface area contributed by atoms with E-state index in [-0.39, 0.29) is 5.84 Å². The highest BCUT2D eigenvalue weighted by Gasteiger charge is 2.09. The molecule has 94 valence electrons. The number of nitrogens with one attached hydrogen (secondary N) is 1. The van der Waals surface area contributed by atoms with Gasteiger partial charge in [-0.3, -0.25) is 5.41 Å². The van der Waals surface area contributed by atoms with Crippen molar-refractivity contribution in [2.75, 3.05) is 18.5 Å². The molecule has 1 heterocycles. The van der Waals surface area contributed by atoms with Crippen LogP contribution in [0.5, 0.6) is 0 Å². The molecular formula is C13H22N4. The van der Waals surface area contributed by atoms with Crippen molar-refractivity contribution in [1.82, 2.24) is 4.98 Å². The Hall–Kier alpha value is -1.58. The van der Waals surface area contributed by atoms with Crippen molar-refractivity contribution in [3.63, 3.8) is 0 Å². The molecule has 1 aromatic rings. The van der Waals surface area contributed by atoms with Gasteiger partial charge in [0, 0.05) is 24.8 Å². The largest absolute Gasteiger partial charge is 0.384 e. The maximum absolute atomic E-state index is 7.48. The maximum Gasteiger partial charge on any atom is 0.129 e. The highest BCUT2D eigenvalue weighted by Crippen LogP contribution is 2.15. The van der Waals surface area contributed by atoms with Crippen LogP contribution in [-0.4, -0.2) is 24.4 Å². The highest BCUT2D eigenvalue weighted by molar-refractivity contribution is 5.95. The van der Waals surface area contributed by atoms with Gasteiger partial charge in [0.15, 0.2) is 0 Å². The number of nitrogens with zero attached hydrogens (tertiary/aromatic N) is 2. The molecule has 0 fully saturated rings. The van der Waals surface area contributed by atoms with Crippen LogP contribution in [0.4, 0.5) is 5.82 Å². The number of nitrogen functional groups attached to an aromatic ring is 1. The molecule has 0 aromatic carbocycles. The Bertz CT molecular complexity index is 400. The van der Waals surface area contributed by atoms with E-state index in [1.165, 1.54) is 0 Å². The summed E-state index contributed by atoms with van der Waals surface area (Å²) in [5.41, 5.74) is 7.15. The van der Waals surface area contributed by atoms with Gasteiger partial charge in [-0.1, -0.05) is 20.3 Å². The quantitative estimate of drug-likeness (QED) is 0.606. The van der Waals surface area contributed by atoms with Crippen LogP contribution >= 0.6 is 0 Å². The van der Waals surface area contributed by atoms with Gasteiger partial charge < -0.3 is 10.6 Å². The standard InChI is InChI=1S/C13H22N4/c1-5-9(2)8-17(4)12-7-11(13(14)15)6-10(3)16-12/h6-7,9H,5,8H2,1-4H3,(H3,14,15). The summed E-state index contributed by atoms with van der Waals surface area (Å²) in [6.07, 6.45) is 1.15. The lowest BCUT2D eigenvalue weighted by atomic mass is 10.1. The van der Waals surface area contributed by atoms with Gasteiger partial charge in [-0.2, -0.15) is 0 Å². The van der Waals surface area contributed by atoms with E-state index in [1.54, 1.807) is 0 Å². The van der Waals surface area contributed by atoms with Gasteiger partial charge in [-0.25, -0.2) is 4.98 Å². The number of pyridine rings is 1. The molecule has 1 rings (SSSR count). The predicted octanol–water partition coefficient (Wildman–Crippen LogP) is 2.16. The van der Waals surface area contributed by atoms with Crippen molar-refractivity contribution >= 4 is 11.7 Å². The molecule has 1 aromatic heterocycles. The van der Waals surface area contributed by atoms with Gasteiger partial charge in [0.05, 0.1) is 0 Å². The second-order valence-electron chi connectivity index (χ2n) is 4.66. The molecule has 0 radical (unpaired) electrons. The SMILES string of the molecule is CCC(C)CN(C)c1cc(C(=N)N)cc(C)n1. The van der Waals surface area contributed by atoms with Crippen molar-refractivity contribution < 1.29 is 0 Å². The first-order valence-electron chi connectivity index (χ1n) is 5.98. The lowest BCUT2D eigenvalue weighted by Crippen LogP contribution is -2.25. The van der Waals surface area contributed by atoms with Crippen LogP contribution in [0.2, 0.25) is 0 Å². The average molecular weight is 234 g/mol. The Morgan fingerprint density at radius 1 is 1.53 bits per heavy atom. The third kappa shape index (κ3) is 3.73. The molecule has 17 heavy (non-hydrogen) atoms. The number of nitrogens with two attached hydrogens (primary N) is 1. The van der Waals surface area contributed by atoms with Crippen LogP contribution in [-0.2, 0) is 0 Å². The van der Waals surface area contributed by atoms with Crippen LogP contribution < -0.4 is 10.6 Å². The van der Waals surface area contributed by atoms with Crippen molar-refractivity contribution in [3.05, 3.63) is 23.4 Å². The Labute approximate surface area is 103 Å². The monoisotopic (exact) mass is 234 g/mol. The Kier molecular flexibility index (Phi) is 4.49. The molecule has 4 heteroatoms. The summed E-state index contributed by atoms with van der Waals surface area (Å²) >= 11 is 0. The fraction of sp³-hybridized carbons (Fsp3) is 0.538. The number of rotatable bonds is 5. The van der Waals surface area contributed by atoms with Gasteiger partial charge in [0.1, 0.15) is 11.7 Å². The highest BCUT2D eigenvalue weighted by atomic mass is 15.2. The Morgan fingerprint density at radius 2 is 2.18 bits per heavy atom. The van der Waals surface area contributed by atoms with E-state index < -0.39 is 0 Å². The molecule has 0 spiro atoms. The first-order valence-corrected chi connectivity index (χ1v) is 5.98. The predicted molar refractivity (Wildman–Crippen MR) is 72.7 cm³/mol. The van der Waals surface area contributed by atoms with E-state index in [4.69, 9.17) is 11.1 Å². The Balaban J connectivity index is 2.93. The molecule has 0 aliphatic carbocycles. The van der Waals surface area contributed by atoms with Gasteiger partial charge in [0.2, 0.25) is 0 Å². The Morgan fingerprint density at radius 3 is 2.71 bits per heavy atom. The number of aromatic nitrogens is 1. The van der Waals surface area contributed by atoms with Crippen LogP contribution in [0.3, 0.4) is 0 Å². The first-order chi connectivity index (χ1) is 7.93. The van der Waals surface area contributed by atoms with Gasteiger partial charge >= 0.3 is 0 Å². The summed E-state index contributed by atoms with van der Waals surface area (Å²) in [5, 5.41) is 7.48. The molecular weight excluding hydrogens is 212 g/mol. The lowest BCUT2D eigenvalue weighted by Gasteiger charge is -2.22. The minimum Gasteiger partial charge on any atom is -0.384 e. The van der Waals surface area contributed by atoms with Crippen LogP contribution in [0.15, 0.2) is 12.1 Å². The molecule has 4 nitrogen and oxygen atoms in total. The first kappa shape index (κ1) is 13.5. The minimum absolute atomic E-state index is 0.0914. The fourth-order valence-corrected chi connectivity index (χ4v) is 1.69. The number of anilines is 1. The molecule has 0 bridgehead atoms. The third-order valence-corrected chi connectivity index (χ3v) is 2.92. The lowest BCUT2D eigenvalue weighted by molar-refractivity contribution is 0.557. The molecule has 0 aliphatic heterocycles. The minimum atomic E-state index is 0.0914. The van der Waals surface area contributed by atoms with Crippen molar-refractivity contribution in [1.29, 1.82) is 5.41 Å². The third-order valence-electron chi connectivity index (χ3n) is 2.92. The second kappa shape index (κ2) is 5.66. The average Bonchev–Trinajstić information content (AvgIpc) is 2.27. The summed E-state index contributed by atoms with van der Waals surface area (Å²) < 4.78 is 0. The summed E-state index contributed by atoms with van der Waals surface area (Å²) in [4.78, 5) is 6.60. The van der Waals surface area contributed by atoms with E-state index >= 15 is 0 Å². The number of hydrogen-bond acceptors (Lipinski definition) is 3. The van der Waals surface area contributed by atoms with Crippen LogP contribution in [0.25, 0.3) is 0 Å². The fourth-order valence-electron chi connectivity index (χ4n) is 1.69. The van der Waals surface area contributed by atoms with E-state index in [9.17, 15) is 0 Å². The number of aryl methyl sites for hydroxylation is 1. The van der Waals surface area contributed by atoms with Crippen LogP contribution in [0.1, 0.15) is 31.5 Å². The zero-order valence-corrected chi connectivity index (χ0v) is 11.1. The van der Waals surface area contributed by atoms with Crippen LogP contribution in [0, 0.1) is 18.3 Å². The van der Waals surface area contributed by atoms with Crippen molar-refractivity contribution in [2.24, 2.45) is 11.7 Å². The molecule has 1 atom stereocenters. The summed E-state index contributed by atoms with van der Waals surface area (Å²) in [5.74, 6) is 1.60. The zero-order chi connectivity index (χ0) is 13.0. The van der Waals surface area contributed by atoms with Crippen molar-refractivity contribution in [3.8, 4) is 0 Å². The summed E-state index contributed by atoms with van der Waals surface area (Å²) in [6.45, 7) is 7.29. The molecule has 0 saturated heterocycles. The van der Waals surface area contributed by atoms with Gasteiger partial charge in [-0.15, -0.1) is 0 Å².